The number of benzene rings is 1. The maximum atomic E-state index is 11.9. The molecule has 3 heteroatoms. The zero-order valence-electron chi connectivity index (χ0n) is 12.8. The molecule has 0 spiro atoms. The average Bonchev–Trinajstić information content (AvgIpc) is 2.92. The Morgan fingerprint density at radius 1 is 1.29 bits per heavy atom. The molecule has 0 heterocycles. The molecule has 0 atom stereocenters. The molecule has 1 aromatic rings. The predicted octanol–water partition coefficient (Wildman–Crippen LogP) is 2.99. The first-order valence-electron chi connectivity index (χ1n) is 7.79. The van der Waals surface area contributed by atoms with E-state index in [1.54, 1.807) is 6.08 Å². The molecular weight excluding hydrogens is 262 g/mol. The summed E-state index contributed by atoms with van der Waals surface area (Å²) in [6, 6.07) is 10.3. The van der Waals surface area contributed by atoms with Gasteiger partial charge in [0.2, 0.25) is 5.91 Å². The molecule has 3 nitrogen and oxygen atoms in total. The lowest BCUT2D eigenvalue weighted by Crippen LogP contribution is -2.40. The Balaban J connectivity index is 1.74. The second-order valence-corrected chi connectivity index (χ2v) is 6.13. The minimum absolute atomic E-state index is 0.0964. The van der Waals surface area contributed by atoms with Gasteiger partial charge in [0.05, 0.1) is 5.60 Å². The lowest BCUT2D eigenvalue weighted by molar-refractivity contribution is -0.117. The van der Waals surface area contributed by atoms with Crippen molar-refractivity contribution in [3.63, 3.8) is 0 Å². The van der Waals surface area contributed by atoms with E-state index in [4.69, 9.17) is 0 Å². The summed E-state index contributed by atoms with van der Waals surface area (Å²) in [6.45, 7) is 2.35. The third-order valence-electron chi connectivity index (χ3n) is 4.15. The third-order valence-corrected chi connectivity index (χ3v) is 4.15. The van der Waals surface area contributed by atoms with E-state index in [-0.39, 0.29) is 5.91 Å². The summed E-state index contributed by atoms with van der Waals surface area (Å²) in [5.74, 6) is -0.0964. The van der Waals surface area contributed by atoms with Gasteiger partial charge in [0.15, 0.2) is 0 Å². The highest BCUT2D eigenvalue weighted by Gasteiger charge is 2.30. The molecule has 2 rings (SSSR count). The number of carbonyl (C=O) groups excluding carboxylic acids is 1. The summed E-state index contributed by atoms with van der Waals surface area (Å²) in [6.07, 6.45) is 7.17. The number of nitrogens with one attached hydrogen (secondary N) is 1. The van der Waals surface area contributed by atoms with Gasteiger partial charge in [0, 0.05) is 12.6 Å². The van der Waals surface area contributed by atoms with Crippen LogP contribution in [0.5, 0.6) is 0 Å². The maximum absolute atomic E-state index is 11.9. The number of allylic oxidation sites excluding steroid dienone is 1. The molecule has 0 unspecified atom stereocenters. The van der Waals surface area contributed by atoms with E-state index < -0.39 is 5.60 Å². The lowest BCUT2D eigenvalue weighted by Gasteiger charge is -2.21. The van der Waals surface area contributed by atoms with Crippen molar-refractivity contribution < 1.29 is 9.90 Å². The second-order valence-electron chi connectivity index (χ2n) is 6.13. The van der Waals surface area contributed by atoms with E-state index in [2.05, 4.69) is 17.4 Å². The summed E-state index contributed by atoms with van der Waals surface area (Å²) in [4.78, 5) is 11.9. The molecule has 1 amide bonds. The van der Waals surface area contributed by atoms with Crippen molar-refractivity contribution in [2.24, 2.45) is 0 Å². The van der Waals surface area contributed by atoms with Crippen LogP contribution in [0.4, 0.5) is 0 Å². The van der Waals surface area contributed by atoms with Crippen LogP contribution in [0.15, 0.2) is 42.0 Å². The Bertz CT molecular complexity index is 487. The summed E-state index contributed by atoms with van der Waals surface area (Å²) >= 11 is 0. The highest BCUT2D eigenvalue weighted by atomic mass is 16.3. The molecule has 0 aliphatic heterocycles. The van der Waals surface area contributed by atoms with Crippen molar-refractivity contribution >= 4 is 5.91 Å². The van der Waals surface area contributed by atoms with Gasteiger partial charge in [-0.3, -0.25) is 4.79 Å². The smallest absolute Gasteiger partial charge is 0.244 e. The minimum Gasteiger partial charge on any atom is -0.388 e. The predicted molar refractivity (Wildman–Crippen MR) is 84.9 cm³/mol. The molecule has 0 saturated heterocycles. The van der Waals surface area contributed by atoms with Crippen LogP contribution in [0.1, 0.15) is 44.6 Å². The summed E-state index contributed by atoms with van der Waals surface area (Å²) < 4.78 is 0. The number of carbonyl (C=O) groups is 1. The van der Waals surface area contributed by atoms with Gasteiger partial charge in [-0.2, -0.15) is 0 Å². The number of aliphatic hydroxyl groups is 1. The molecule has 1 aromatic carbocycles. The number of rotatable bonds is 6. The number of aryl methyl sites for hydroxylation is 1. The molecule has 1 saturated carbocycles. The van der Waals surface area contributed by atoms with Crippen molar-refractivity contribution in [2.75, 3.05) is 6.54 Å². The first kappa shape index (κ1) is 15.8. The SMILES string of the molecule is C/C(=C/C(=O)NCC1(O)CCCC1)CCc1ccccc1. The van der Waals surface area contributed by atoms with Crippen LogP contribution in [-0.4, -0.2) is 23.2 Å². The zero-order valence-corrected chi connectivity index (χ0v) is 12.8. The Kier molecular flexibility index (Phi) is 5.57. The van der Waals surface area contributed by atoms with E-state index in [0.717, 1.165) is 44.1 Å². The fourth-order valence-electron chi connectivity index (χ4n) is 2.79. The number of hydrogen-bond donors (Lipinski definition) is 2. The van der Waals surface area contributed by atoms with Crippen molar-refractivity contribution in [3.05, 3.63) is 47.5 Å². The lowest BCUT2D eigenvalue weighted by atomic mass is 10.0. The van der Waals surface area contributed by atoms with Crippen LogP contribution in [0, 0.1) is 0 Å². The largest absolute Gasteiger partial charge is 0.388 e. The van der Waals surface area contributed by atoms with E-state index in [1.807, 2.05) is 25.1 Å². The van der Waals surface area contributed by atoms with Gasteiger partial charge in [0.25, 0.3) is 0 Å². The Labute approximate surface area is 127 Å². The van der Waals surface area contributed by atoms with Crippen LogP contribution >= 0.6 is 0 Å². The number of hydrogen-bond acceptors (Lipinski definition) is 2. The van der Waals surface area contributed by atoms with Crippen LogP contribution in [0.3, 0.4) is 0 Å². The zero-order chi connectivity index (χ0) is 15.1. The topological polar surface area (TPSA) is 49.3 Å². The summed E-state index contributed by atoms with van der Waals surface area (Å²) in [5, 5.41) is 13.0. The first-order valence-corrected chi connectivity index (χ1v) is 7.79. The van der Waals surface area contributed by atoms with Crippen molar-refractivity contribution in [1.82, 2.24) is 5.32 Å². The highest BCUT2D eigenvalue weighted by Crippen LogP contribution is 2.28. The summed E-state index contributed by atoms with van der Waals surface area (Å²) in [5.41, 5.74) is 1.67. The van der Waals surface area contributed by atoms with Crippen LogP contribution in [0.25, 0.3) is 0 Å². The standard InChI is InChI=1S/C18H25NO2/c1-15(9-10-16-7-3-2-4-8-16)13-17(20)19-14-18(21)11-5-6-12-18/h2-4,7-8,13,21H,5-6,9-12,14H2,1H3,(H,19,20)/b15-13-. The molecule has 0 radical (unpaired) electrons. The van der Waals surface area contributed by atoms with Gasteiger partial charge in [-0.1, -0.05) is 48.7 Å². The van der Waals surface area contributed by atoms with Gasteiger partial charge in [-0.15, -0.1) is 0 Å². The fraction of sp³-hybridized carbons (Fsp3) is 0.500. The van der Waals surface area contributed by atoms with Crippen molar-refractivity contribution in [2.45, 2.75) is 51.0 Å². The maximum Gasteiger partial charge on any atom is 0.244 e. The van der Waals surface area contributed by atoms with Gasteiger partial charge < -0.3 is 10.4 Å². The van der Waals surface area contributed by atoms with Crippen molar-refractivity contribution in [1.29, 1.82) is 0 Å². The van der Waals surface area contributed by atoms with Crippen LogP contribution in [-0.2, 0) is 11.2 Å². The van der Waals surface area contributed by atoms with Crippen molar-refractivity contribution in [3.8, 4) is 0 Å². The Hall–Kier alpha value is -1.61. The fourth-order valence-corrected chi connectivity index (χ4v) is 2.79. The van der Waals surface area contributed by atoms with Crippen LogP contribution < -0.4 is 5.32 Å². The summed E-state index contributed by atoms with van der Waals surface area (Å²) in [7, 11) is 0. The highest BCUT2D eigenvalue weighted by molar-refractivity contribution is 5.88. The van der Waals surface area contributed by atoms with Crippen LogP contribution in [0.2, 0.25) is 0 Å². The van der Waals surface area contributed by atoms with Gasteiger partial charge >= 0.3 is 0 Å². The molecule has 0 bridgehead atoms. The molecule has 21 heavy (non-hydrogen) atoms. The second kappa shape index (κ2) is 7.41. The minimum atomic E-state index is -0.679. The van der Waals surface area contributed by atoms with Gasteiger partial charge in [-0.05, 0) is 38.2 Å². The third kappa shape index (κ3) is 5.35. The quantitative estimate of drug-likeness (QED) is 0.790. The normalized spacial score (nSPS) is 17.7. The Morgan fingerprint density at radius 3 is 2.62 bits per heavy atom. The first-order chi connectivity index (χ1) is 10.1. The monoisotopic (exact) mass is 287 g/mol. The molecule has 1 fully saturated rings. The molecule has 0 aromatic heterocycles. The molecule has 1 aliphatic rings. The molecular formula is C18H25NO2. The Morgan fingerprint density at radius 2 is 1.95 bits per heavy atom. The number of amides is 1. The van der Waals surface area contributed by atoms with E-state index in [1.165, 1.54) is 5.56 Å². The van der Waals surface area contributed by atoms with E-state index in [0.29, 0.717) is 6.54 Å². The van der Waals surface area contributed by atoms with E-state index in [9.17, 15) is 9.90 Å². The van der Waals surface area contributed by atoms with Gasteiger partial charge in [0.1, 0.15) is 0 Å². The molecule has 2 N–H and O–H groups in total. The molecule has 114 valence electrons. The average molecular weight is 287 g/mol. The van der Waals surface area contributed by atoms with E-state index >= 15 is 0 Å². The van der Waals surface area contributed by atoms with Gasteiger partial charge in [-0.25, -0.2) is 0 Å². The molecule has 1 aliphatic carbocycles.